The van der Waals surface area contributed by atoms with Gasteiger partial charge in [0.25, 0.3) is 5.89 Å². The van der Waals surface area contributed by atoms with Gasteiger partial charge in [-0.3, -0.25) is 4.21 Å². The van der Waals surface area contributed by atoms with E-state index in [0.717, 1.165) is 10.0 Å². The van der Waals surface area contributed by atoms with Crippen LogP contribution in [0.25, 0.3) is 28.5 Å². The van der Waals surface area contributed by atoms with E-state index >= 15 is 0 Å². The first-order chi connectivity index (χ1) is 14.7. The van der Waals surface area contributed by atoms with Crippen molar-refractivity contribution in [3.05, 3.63) is 63.9 Å². The molecule has 0 N–H and O–H groups in total. The van der Waals surface area contributed by atoms with Crippen LogP contribution in [0.3, 0.4) is 0 Å². The van der Waals surface area contributed by atoms with Crippen LogP contribution in [-0.4, -0.2) is 30.4 Å². The number of nitrogens with zero attached hydrogens (tertiary/aromatic N) is 4. The molecule has 1 atom stereocenters. The van der Waals surface area contributed by atoms with E-state index in [1.807, 2.05) is 63.2 Å². The molecular weight excluding hydrogens is 500 g/mol. The lowest BCUT2D eigenvalue weighted by atomic mass is 9.97. The van der Waals surface area contributed by atoms with Crippen LogP contribution < -0.4 is 0 Å². The molecule has 0 aliphatic rings. The van der Waals surface area contributed by atoms with Gasteiger partial charge in [-0.1, -0.05) is 72.6 Å². The average molecular weight is 520 g/mol. The molecule has 9 heteroatoms. The second-order valence-corrected chi connectivity index (χ2v) is 10.7. The van der Waals surface area contributed by atoms with Crippen molar-refractivity contribution in [3.8, 4) is 28.5 Å². The molecule has 0 bridgehead atoms. The number of benzene rings is 2. The maximum atomic E-state index is 13.0. The number of aromatic nitrogens is 4. The Hall–Kier alpha value is -2.29. The van der Waals surface area contributed by atoms with E-state index in [1.165, 1.54) is 0 Å². The normalized spacial score (nSPS) is 12.8. The molecule has 6 nitrogen and oxygen atoms in total. The molecule has 4 aromatic rings. The molecule has 0 spiro atoms. The van der Waals surface area contributed by atoms with E-state index in [-0.39, 0.29) is 11.3 Å². The van der Waals surface area contributed by atoms with Gasteiger partial charge in [-0.05, 0) is 24.3 Å². The summed E-state index contributed by atoms with van der Waals surface area (Å²) in [6, 6.07) is 15.1. The van der Waals surface area contributed by atoms with Crippen LogP contribution in [-0.2, 0) is 16.2 Å². The summed E-state index contributed by atoms with van der Waals surface area (Å²) in [6.45, 7) is 5.95. The van der Waals surface area contributed by atoms with Crippen LogP contribution >= 0.6 is 27.5 Å². The van der Waals surface area contributed by atoms with Gasteiger partial charge in [-0.2, -0.15) is 5.10 Å². The highest BCUT2D eigenvalue weighted by Crippen LogP contribution is 2.38. The van der Waals surface area contributed by atoms with Crippen molar-refractivity contribution in [2.24, 2.45) is 0 Å². The molecule has 0 aliphatic heterocycles. The predicted molar refractivity (Wildman–Crippen MR) is 126 cm³/mol. The van der Waals surface area contributed by atoms with E-state index in [1.54, 1.807) is 17.0 Å². The van der Waals surface area contributed by atoms with Crippen LogP contribution in [0.4, 0.5) is 0 Å². The number of rotatable bonds is 4. The number of halogens is 2. The highest BCUT2D eigenvalue weighted by Gasteiger charge is 2.30. The third-order valence-corrected chi connectivity index (χ3v) is 6.41. The zero-order valence-electron chi connectivity index (χ0n) is 17.4. The topological polar surface area (TPSA) is 73.8 Å². The quantitative estimate of drug-likeness (QED) is 0.329. The molecule has 2 aromatic carbocycles. The van der Waals surface area contributed by atoms with Gasteiger partial charge in [-0.15, -0.1) is 10.2 Å². The van der Waals surface area contributed by atoms with Gasteiger partial charge >= 0.3 is 0 Å². The maximum absolute atomic E-state index is 13.0. The zero-order chi connectivity index (χ0) is 22.3. The van der Waals surface area contributed by atoms with E-state index in [2.05, 4.69) is 26.1 Å². The van der Waals surface area contributed by atoms with Crippen molar-refractivity contribution >= 4 is 38.3 Å². The molecule has 31 heavy (non-hydrogen) atoms. The van der Waals surface area contributed by atoms with Gasteiger partial charge in [0.2, 0.25) is 5.89 Å². The fourth-order valence-corrected chi connectivity index (χ4v) is 4.45. The summed E-state index contributed by atoms with van der Waals surface area (Å²) in [4.78, 5) is 0.506. The van der Waals surface area contributed by atoms with E-state index < -0.39 is 10.8 Å². The molecule has 160 valence electrons. The monoisotopic (exact) mass is 518 g/mol. The molecule has 2 aromatic heterocycles. The minimum atomic E-state index is -1.40. The van der Waals surface area contributed by atoms with Crippen molar-refractivity contribution in [2.75, 3.05) is 6.26 Å². The molecule has 0 fully saturated rings. The van der Waals surface area contributed by atoms with Gasteiger partial charge < -0.3 is 4.42 Å². The van der Waals surface area contributed by atoms with Crippen molar-refractivity contribution < 1.29 is 8.63 Å². The zero-order valence-corrected chi connectivity index (χ0v) is 20.5. The molecule has 0 saturated carbocycles. The SMILES string of the molecule is CS(=O)c1c(-c2nnc(C(C)(C)C)o2)nn(-c2ccccc2Cl)c1-c1ccc(Br)cc1. The molecule has 0 aliphatic carbocycles. The first kappa shape index (κ1) is 21.9. The van der Waals surface area contributed by atoms with E-state index in [4.69, 9.17) is 21.1 Å². The van der Waals surface area contributed by atoms with Gasteiger partial charge in [0.1, 0.15) is 0 Å². The maximum Gasteiger partial charge on any atom is 0.269 e. The smallest absolute Gasteiger partial charge is 0.269 e. The fraction of sp³-hybridized carbons (Fsp3) is 0.227. The Kier molecular flexibility index (Phi) is 5.89. The van der Waals surface area contributed by atoms with Crippen molar-refractivity contribution in [1.29, 1.82) is 0 Å². The Bertz CT molecular complexity index is 1280. The molecule has 0 saturated heterocycles. The molecule has 2 heterocycles. The number of hydrogen-bond acceptors (Lipinski definition) is 5. The van der Waals surface area contributed by atoms with Gasteiger partial charge in [0.05, 0.1) is 32.1 Å². The largest absolute Gasteiger partial charge is 0.419 e. The highest BCUT2D eigenvalue weighted by atomic mass is 79.9. The lowest BCUT2D eigenvalue weighted by Crippen LogP contribution is -2.11. The highest BCUT2D eigenvalue weighted by molar-refractivity contribution is 9.10. The summed E-state index contributed by atoms with van der Waals surface area (Å²) in [5, 5.41) is 13.7. The summed E-state index contributed by atoms with van der Waals surface area (Å²) >= 11 is 9.97. The molecule has 4 rings (SSSR count). The van der Waals surface area contributed by atoms with Gasteiger partial charge in [-0.25, -0.2) is 4.68 Å². The minimum absolute atomic E-state index is 0.222. The molecule has 1 unspecified atom stereocenters. The van der Waals surface area contributed by atoms with Gasteiger partial charge in [0.15, 0.2) is 5.69 Å². The number of hydrogen-bond donors (Lipinski definition) is 0. The van der Waals surface area contributed by atoms with E-state index in [0.29, 0.717) is 32.9 Å². The summed E-state index contributed by atoms with van der Waals surface area (Å²) in [6.07, 6.45) is 1.61. The average Bonchev–Trinajstić information content (AvgIpc) is 3.34. The van der Waals surface area contributed by atoms with Crippen LogP contribution in [0.15, 0.2) is 62.3 Å². The second kappa shape index (κ2) is 8.33. The third kappa shape index (κ3) is 4.24. The minimum Gasteiger partial charge on any atom is -0.419 e. The Morgan fingerprint density at radius 2 is 1.74 bits per heavy atom. The Labute approximate surface area is 196 Å². The fourth-order valence-electron chi connectivity index (χ4n) is 3.10. The lowest BCUT2D eigenvalue weighted by Gasteiger charge is -2.11. The molecular formula is C22H20BrClN4O2S. The molecule has 0 radical (unpaired) electrons. The first-order valence-electron chi connectivity index (χ1n) is 9.48. The summed E-state index contributed by atoms with van der Waals surface area (Å²) < 4.78 is 21.5. The van der Waals surface area contributed by atoms with Crippen LogP contribution in [0.2, 0.25) is 5.02 Å². The second-order valence-electron chi connectivity index (χ2n) is 8.01. The summed E-state index contributed by atoms with van der Waals surface area (Å²) in [5.74, 6) is 0.701. The van der Waals surface area contributed by atoms with Crippen LogP contribution in [0, 0.1) is 0 Å². The number of para-hydroxylation sites is 1. The Morgan fingerprint density at radius 3 is 2.32 bits per heavy atom. The van der Waals surface area contributed by atoms with Crippen LogP contribution in [0.1, 0.15) is 26.7 Å². The predicted octanol–water partition coefficient (Wildman–Crippen LogP) is 6.04. The first-order valence-corrected chi connectivity index (χ1v) is 12.2. The van der Waals surface area contributed by atoms with Crippen LogP contribution in [0.5, 0.6) is 0 Å². The van der Waals surface area contributed by atoms with Crippen molar-refractivity contribution in [3.63, 3.8) is 0 Å². The van der Waals surface area contributed by atoms with Crippen molar-refractivity contribution in [1.82, 2.24) is 20.0 Å². The van der Waals surface area contributed by atoms with Gasteiger partial charge in [0, 0.05) is 21.7 Å². The Balaban J connectivity index is 2.04. The summed E-state index contributed by atoms with van der Waals surface area (Å²) in [7, 11) is -1.40. The summed E-state index contributed by atoms with van der Waals surface area (Å²) in [5.41, 5.74) is 2.21. The third-order valence-electron chi connectivity index (χ3n) is 4.60. The van der Waals surface area contributed by atoms with E-state index in [9.17, 15) is 4.21 Å². The van der Waals surface area contributed by atoms with Crippen molar-refractivity contribution in [2.45, 2.75) is 31.1 Å². The standard InChI is InChI=1S/C22H20BrClN4O2S/c1-22(2,3)21-26-25-20(30-21)17-19(31(4)29)18(13-9-11-14(23)12-10-13)28(27-17)16-8-6-5-7-15(16)24/h5-12H,1-4H3. The molecule has 0 amide bonds. The lowest BCUT2D eigenvalue weighted by molar-refractivity contribution is 0.398. The Morgan fingerprint density at radius 1 is 1.06 bits per heavy atom.